The molecule has 2 rings (SSSR count). The Hall–Kier alpha value is -3.81. The average Bonchev–Trinajstić information content (AvgIpc) is 2.73. The summed E-state index contributed by atoms with van der Waals surface area (Å²) >= 11 is 0. The lowest BCUT2D eigenvalue weighted by Gasteiger charge is -2.24. The number of hydrogen-bond donors (Lipinski definition) is 3. The lowest BCUT2D eigenvalue weighted by Crippen LogP contribution is -2.41. The molecule has 6 nitrogen and oxygen atoms in total. The fourth-order valence-electron chi connectivity index (χ4n) is 2.77. The third-order valence-electron chi connectivity index (χ3n) is 4.22. The molecule has 2 aromatic rings. The molecule has 0 saturated carbocycles. The lowest BCUT2D eigenvalue weighted by molar-refractivity contribution is 0.0501. The van der Waals surface area contributed by atoms with Crippen molar-refractivity contribution in [1.29, 1.82) is 5.26 Å². The van der Waals surface area contributed by atoms with Crippen molar-refractivity contribution in [3.8, 4) is 11.8 Å². The minimum Gasteiger partial charge on any atom is -0.509 e. The minimum absolute atomic E-state index is 0.103. The zero-order valence-corrected chi connectivity index (χ0v) is 17.6. The van der Waals surface area contributed by atoms with Gasteiger partial charge in [-0.05, 0) is 38.5 Å². The number of aliphatic hydroxyl groups is 1. The first kappa shape index (κ1) is 25.5. The number of phenols is 1. The van der Waals surface area contributed by atoms with Crippen LogP contribution in [0.1, 0.15) is 31.9 Å². The number of rotatable bonds is 5. The summed E-state index contributed by atoms with van der Waals surface area (Å²) in [5.41, 5.74) is -3.53. The zero-order chi connectivity index (χ0) is 25.1. The number of carbonyl (C=O) groups excluding carboxylic acids is 1. The van der Waals surface area contributed by atoms with E-state index in [9.17, 15) is 42.2 Å². The summed E-state index contributed by atoms with van der Waals surface area (Å²) in [6, 6.07) is 4.98. The van der Waals surface area contributed by atoms with Crippen molar-refractivity contribution in [2.75, 3.05) is 0 Å². The molecule has 11 heteroatoms. The number of aliphatic hydroxyl groups excluding tert-OH is 1. The molecule has 0 radical (unpaired) electrons. The third kappa shape index (κ3) is 5.91. The van der Waals surface area contributed by atoms with E-state index < -0.39 is 63.7 Å². The molecule has 1 unspecified atom stereocenters. The molecule has 0 heterocycles. The van der Waals surface area contributed by atoms with Crippen LogP contribution < -0.4 is 5.32 Å². The van der Waals surface area contributed by atoms with E-state index in [2.05, 4.69) is 5.32 Å². The summed E-state index contributed by atoms with van der Waals surface area (Å²) in [7, 11) is 0. The molecule has 3 N–H and O–H groups in total. The summed E-state index contributed by atoms with van der Waals surface area (Å²) in [5.74, 6) is -13.0. The van der Waals surface area contributed by atoms with Crippen LogP contribution in [0.25, 0.3) is 5.57 Å². The number of amides is 1. The predicted octanol–water partition coefficient (Wildman–Crippen LogP) is 5.02. The van der Waals surface area contributed by atoms with E-state index in [1.807, 2.05) is 0 Å². The van der Waals surface area contributed by atoms with Crippen LogP contribution >= 0.6 is 0 Å². The van der Waals surface area contributed by atoms with Gasteiger partial charge in [0.2, 0.25) is 5.82 Å². The van der Waals surface area contributed by atoms with Crippen molar-refractivity contribution in [2.45, 2.75) is 38.8 Å². The maximum absolute atomic E-state index is 14.3. The topological polar surface area (TPSA) is 103 Å². The van der Waals surface area contributed by atoms with Crippen LogP contribution in [0.5, 0.6) is 5.75 Å². The summed E-state index contributed by atoms with van der Waals surface area (Å²) in [6.07, 6.45) is -1.39. The number of nitriles is 1. The minimum atomic E-state index is -2.43. The maximum Gasteiger partial charge on any atom is 0.408 e. The second-order valence-corrected chi connectivity index (χ2v) is 7.89. The number of halogens is 5. The number of benzene rings is 2. The Morgan fingerprint density at radius 1 is 1.03 bits per heavy atom. The molecule has 0 aliphatic rings. The van der Waals surface area contributed by atoms with Crippen molar-refractivity contribution < 1.29 is 41.7 Å². The highest BCUT2D eigenvalue weighted by Gasteiger charge is 2.32. The number of carbonyl (C=O) groups is 1. The number of nitrogens with zero attached hydrogens (tertiary/aromatic N) is 1. The van der Waals surface area contributed by atoms with Gasteiger partial charge in [0.05, 0.1) is 11.6 Å². The van der Waals surface area contributed by atoms with Gasteiger partial charge in [-0.25, -0.2) is 26.7 Å². The Balaban J connectivity index is 2.63. The average molecular weight is 470 g/mol. The molecule has 1 atom stereocenters. The smallest absolute Gasteiger partial charge is 0.408 e. The normalized spacial score (nSPS) is 13.1. The predicted molar refractivity (Wildman–Crippen MR) is 106 cm³/mol. The Bertz CT molecular complexity index is 1110. The van der Waals surface area contributed by atoms with Crippen molar-refractivity contribution in [1.82, 2.24) is 5.32 Å². The van der Waals surface area contributed by atoms with E-state index >= 15 is 0 Å². The van der Waals surface area contributed by atoms with Gasteiger partial charge in [-0.2, -0.15) is 5.26 Å². The Kier molecular flexibility index (Phi) is 7.53. The number of hydrogen-bond acceptors (Lipinski definition) is 5. The molecule has 0 aliphatic carbocycles. The van der Waals surface area contributed by atoms with Gasteiger partial charge < -0.3 is 20.3 Å². The van der Waals surface area contributed by atoms with E-state index in [1.165, 1.54) is 51.1 Å². The van der Waals surface area contributed by atoms with E-state index in [0.29, 0.717) is 5.56 Å². The van der Waals surface area contributed by atoms with Crippen LogP contribution in [0.4, 0.5) is 26.7 Å². The number of phenolic OH excluding ortho intramolecular Hbond substituents is 1. The number of aromatic hydroxyl groups is 1. The number of nitrogens with one attached hydrogen (secondary N) is 1. The molecule has 176 valence electrons. The highest BCUT2D eigenvalue weighted by molar-refractivity contribution is 5.80. The van der Waals surface area contributed by atoms with Crippen LogP contribution in [0.3, 0.4) is 0 Å². The standard InChI is InChI=1S/C22H19F5N2O4/c1-22(2,3)33-21(32)29-13(8-10-4-6-11(30)7-5-10)20(31)12(9-28)14-15(23)17(25)19(27)18(26)16(14)24/h4-7,13,30-31H,8H2,1-3H3,(H,29,32)/b20-12+. The van der Waals surface area contributed by atoms with Gasteiger partial charge in [0.25, 0.3) is 0 Å². The molecule has 0 aliphatic heterocycles. The van der Waals surface area contributed by atoms with E-state index in [0.717, 1.165) is 0 Å². The van der Waals surface area contributed by atoms with Gasteiger partial charge in [-0.3, -0.25) is 0 Å². The quantitative estimate of drug-likeness (QED) is 0.187. The highest BCUT2D eigenvalue weighted by atomic mass is 19.2. The van der Waals surface area contributed by atoms with Crippen LogP contribution in [-0.2, 0) is 11.2 Å². The van der Waals surface area contributed by atoms with E-state index in [-0.39, 0.29) is 12.2 Å². The first-order chi connectivity index (χ1) is 15.3. The summed E-state index contributed by atoms with van der Waals surface area (Å²) < 4.78 is 74.3. The Morgan fingerprint density at radius 2 is 1.52 bits per heavy atom. The van der Waals surface area contributed by atoms with Crippen LogP contribution in [0.2, 0.25) is 0 Å². The van der Waals surface area contributed by atoms with E-state index in [1.54, 1.807) is 0 Å². The molecule has 1 amide bonds. The Morgan fingerprint density at radius 3 is 1.97 bits per heavy atom. The number of allylic oxidation sites excluding steroid dienone is 1. The van der Waals surface area contributed by atoms with E-state index in [4.69, 9.17) is 4.74 Å². The van der Waals surface area contributed by atoms with Gasteiger partial charge in [0.15, 0.2) is 23.3 Å². The summed E-state index contributed by atoms with van der Waals surface area (Å²) in [5, 5.41) is 31.7. The SMILES string of the molecule is CC(C)(C)OC(=O)NC(Cc1ccc(O)cc1)/C(O)=C(/C#N)c1c(F)c(F)c(F)c(F)c1F. The fraction of sp³-hybridized carbons (Fsp3) is 0.273. The molecule has 33 heavy (non-hydrogen) atoms. The summed E-state index contributed by atoms with van der Waals surface area (Å²) in [6.45, 7) is 4.60. The van der Waals surface area contributed by atoms with Gasteiger partial charge in [0, 0.05) is 6.42 Å². The fourth-order valence-corrected chi connectivity index (χ4v) is 2.77. The van der Waals surface area contributed by atoms with Gasteiger partial charge in [0.1, 0.15) is 28.8 Å². The van der Waals surface area contributed by atoms with Crippen molar-refractivity contribution in [3.63, 3.8) is 0 Å². The number of ether oxygens (including phenoxy) is 1. The van der Waals surface area contributed by atoms with Crippen LogP contribution in [0, 0.1) is 40.4 Å². The van der Waals surface area contributed by atoms with Crippen LogP contribution in [-0.4, -0.2) is 27.9 Å². The Labute approximate surface area is 185 Å². The second kappa shape index (κ2) is 9.77. The maximum atomic E-state index is 14.3. The molecule has 0 spiro atoms. The molecular weight excluding hydrogens is 451 g/mol. The van der Waals surface area contributed by atoms with Gasteiger partial charge >= 0.3 is 6.09 Å². The molecule has 0 bridgehead atoms. The monoisotopic (exact) mass is 470 g/mol. The first-order valence-electron chi connectivity index (χ1n) is 9.39. The largest absolute Gasteiger partial charge is 0.509 e. The van der Waals surface area contributed by atoms with Crippen molar-refractivity contribution in [3.05, 3.63) is 70.2 Å². The third-order valence-corrected chi connectivity index (χ3v) is 4.22. The lowest BCUT2D eigenvalue weighted by atomic mass is 9.97. The molecule has 0 aromatic heterocycles. The molecule has 0 fully saturated rings. The first-order valence-corrected chi connectivity index (χ1v) is 9.39. The van der Waals surface area contributed by atoms with Gasteiger partial charge in [-0.15, -0.1) is 0 Å². The zero-order valence-electron chi connectivity index (χ0n) is 17.6. The number of alkyl carbamates (subject to hydrolysis) is 1. The van der Waals surface area contributed by atoms with Crippen molar-refractivity contribution >= 4 is 11.7 Å². The molecule has 2 aromatic carbocycles. The molecular formula is C22H19F5N2O4. The highest BCUT2D eigenvalue weighted by Crippen LogP contribution is 2.31. The van der Waals surface area contributed by atoms with Gasteiger partial charge in [-0.1, -0.05) is 12.1 Å². The van der Waals surface area contributed by atoms with Crippen molar-refractivity contribution in [2.24, 2.45) is 0 Å². The summed E-state index contributed by atoms with van der Waals surface area (Å²) in [4.78, 5) is 12.2. The molecule has 0 saturated heterocycles. The van der Waals surface area contributed by atoms with Crippen LogP contribution in [0.15, 0.2) is 30.0 Å². The second-order valence-electron chi connectivity index (χ2n) is 7.89.